The molecule has 96 valence electrons. The van der Waals surface area contributed by atoms with Crippen molar-refractivity contribution in [2.45, 2.75) is 17.1 Å². The molecule has 2 N–H and O–H groups in total. The van der Waals surface area contributed by atoms with Gasteiger partial charge in [0, 0.05) is 0 Å². The molecule has 0 unspecified atom stereocenters. The summed E-state index contributed by atoms with van der Waals surface area (Å²) in [7, 11) is 2.95. The van der Waals surface area contributed by atoms with Crippen molar-refractivity contribution in [2.75, 3.05) is 20.8 Å². The normalized spacial score (nSPS) is 10.7. The molecule has 0 atom stereocenters. The Bertz CT molecular complexity index is 375. The Kier molecular flexibility index (Phi) is 5.50. The summed E-state index contributed by atoms with van der Waals surface area (Å²) in [6, 6.07) is 3.25. The topological polar surface area (TPSA) is 44.5 Å². The molecule has 1 aromatic carbocycles. The first kappa shape index (κ1) is 14.1. The Labute approximate surface area is 103 Å². The number of halogens is 2. The van der Waals surface area contributed by atoms with Crippen molar-refractivity contribution in [1.29, 1.82) is 0 Å². The number of rotatable bonds is 6. The summed E-state index contributed by atoms with van der Waals surface area (Å²) in [5.41, 5.74) is 6.33. The van der Waals surface area contributed by atoms with Crippen molar-refractivity contribution < 1.29 is 18.3 Å². The van der Waals surface area contributed by atoms with Gasteiger partial charge in [-0.2, -0.15) is 8.78 Å². The number of alkyl halides is 2. The van der Waals surface area contributed by atoms with Crippen molar-refractivity contribution in [3.05, 3.63) is 17.7 Å². The van der Waals surface area contributed by atoms with E-state index in [2.05, 4.69) is 0 Å². The fourth-order valence-corrected chi connectivity index (χ4v) is 2.10. The lowest BCUT2D eigenvalue weighted by molar-refractivity contribution is 0.251. The second-order valence-electron chi connectivity index (χ2n) is 3.23. The quantitative estimate of drug-likeness (QED) is 0.801. The van der Waals surface area contributed by atoms with E-state index in [1.54, 1.807) is 12.1 Å². The molecule has 0 aliphatic heterocycles. The lowest BCUT2D eigenvalue weighted by atomic mass is 10.1. The van der Waals surface area contributed by atoms with E-state index in [-0.39, 0.29) is 0 Å². The minimum Gasteiger partial charge on any atom is -0.496 e. The first-order valence-corrected chi connectivity index (χ1v) is 5.90. The molecule has 0 spiro atoms. The van der Waals surface area contributed by atoms with Crippen LogP contribution < -0.4 is 15.2 Å². The molecular weight excluding hydrogens is 248 g/mol. The minimum absolute atomic E-state index is 0.361. The van der Waals surface area contributed by atoms with Crippen LogP contribution in [0.3, 0.4) is 0 Å². The van der Waals surface area contributed by atoms with E-state index in [1.165, 1.54) is 14.2 Å². The Morgan fingerprint density at radius 3 is 2.35 bits per heavy atom. The summed E-state index contributed by atoms with van der Waals surface area (Å²) in [5, 5.41) is 0. The molecule has 0 aliphatic rings. The molecule has 1 rings (SSSR count). The van der Waals surface area contributed by atoms with Crippen molar-refractivity contribution >= 4 is 11.8 Å². The van der Waals surface area contributed by atoms with Gasteiger partial charge in [-0.25, -0.2) is 0 Å². The first-order chi connectivity index (χ1) is 8.12. The molecule has 6 heteroatoms. The highest BCUT2D eigenvalue weighted by molar-refractivity contribution is 7.99. The van der Waals surface area contributed by atoms with Crippen LogP contribution in [0.5, 0.6) is 11.5 Å². The molecule has 1 aromatic rings. The standard InChI is InChI=1S/C11H15F2NO2S/c1-15-8-6-10(17-11(12)13)9(16-2)5-7(8)3-4-14/h5-6,11H,3-4,14H2,1-2H3. The third-order valence-electron chi connectivity index (χ3n) is 2.20. The van der Waals surface area contributed by atoms with Crippen LogP contribution in [0, 0.1) is 0 Å². The fraction of sp³-hybridized carbons (Fsp3) is 0.455. The molecular formula is C11H15F2NO2S. The number of methoxy groups -OCH3 is 2. The first-order valence-electron chi connectivity index (χ1n) is 5.02. The maximum absolute atomic E-state index is 12.4. The van der Waals surface area contributed by atoms with Crippen molar-refractivity contribution in [3.8, 4) is 11.5 Å². The lowest BCUT2D eigenvalue weighted by Gasteiger charge is -2.13. The van der Waals surface area contributed by atoms with Gasteiger partial charge in [0.1, 0.15) is 11.5 Å². The van der Waals surface area contributed by atoms with Gasteiger partial charge in [-0.1, -0.05) is 11.8 Å². The van der Waals surface area contributed by atoms with Gasteiger partial charge in [-0.3, -0.25) is 0 Å². The summed E-state index contributed by atoms with van der Waals surface area (Å²) in [6.45, 7) is 0.459. The number of thioether (sulfide) groups is 1. The van der Waals surface area contributed by atoms with E-state index in [1.807, 2.05) is 0 Å². The van der Waals surface area contributed by atoms with Crippen LogP contribution in [-0.4, -0.2) is 26.5 Å². The Morgan fingerprint density at radius 2 is 1.88 bits per heavy atom. The van der Waals surface area contributed by atoms with Crippen molar-refractivity contribution in [3.63, 3.8) is 0 Å². The van der Waals surface area contributed by atoms with Gasteiger partial charge in [0.2, 0.25) is 0 Å². The number of nitrogens with two attached hydrogens (primary N) is 1. The Morgan fingerprint density at radius 1 is 1.24 bits per heavy atom. The van der Waals surface area contributed by atoms with Crippen LogP contribution >= 0.6 is 11.8 Å². The number of ether oxygens (including phenoxy) is 2. The fourth-order valence-electron chi connectivity index (χ4n) is 1.47. The third-order valence-corrected chi connectivity index (χ3v) is 2.95. The smallest absolute Gasteiger partial charge is 0.289 e. The average Bonchev–Trinajstić information content (AvgIpc) is 2.30. The van der Waals surface area contributed by atoms with Gasteiger partial charge in [0.05, 0.1) is 19.1 Å². The highest BCUT2D eigenvalue weighted by Gasteiger charge is 2.15. The van der Waals surface area contributed by atoms with E-state index < -0.39 is 5.76 Å². The van der Waals surface area contributed by atoms with Crippen LogP contribution in [0.2, 0.25) is 0 Å². The SMILES string of the molecule is COc1cc(SC(F)F)c(OC)cc1CCN. The highest BCUT2D eigenvalue weighted by Crippen LogP contribution is 2.38. The summed E-state index contributed by atoms with van der Waals surface area (Å²) < 4.78 is 35.0. The van der Waals surface area contributed by atoms with Gasteiger partial charge in [0.15, 0.2) is 0 Å². The zero-order valence-electron chi connectivity index (χ0n) is 9.70. The molecule has 0 aliphatic carbocycles. The monoisotopic (exact) mass is 263 g/mol. The molecule has 0 amide bonds. The van der Waals surface area contributed by atoms with Crippen LogP contribution in [0.1, 0.15) is 5.56 Å². The van der Waals surface area contributed by atoms with Gasteiger partial charge in [0.25, 0.3) is 5.76 Å². The molecule has 17 heavy (non-hydrogen) atoms. The molecule has 0 aromatic heterocycles. The van der Waals surface area contributed by atoms with E-state index in [0.29, 0.717) is 41.1 Å². The van der Waals surface area contributed by atoms with Gasteiger partial charge in [-0.05, 0) is 30.7 Å². The maximum Gasteiger partial charge on any atom is 0.289 e. The molecule has 0 fully saturated rings. The predicted octanol–water partition coefficient (Wildman–Crippen LogP) is 2.52. The summed E-state index contributed by atoms with van der Waals surface area (Å²) in [4.78, 5) is 0.361. The molecule has 3 nitrogen and oxygen atoms in total. The second kappa shape index (κ2) is 6.66. The molecule has 0 saturated carbocycles. The average molecular weight is 263 g/mol. The summed E-state index contributed by atoms with van der Waals surface area (Å²) in [5.74, 6) is -1.52. The second-order valence-corrected chi connectivity index (χ2v) is 4.26. The van der Waals surface area contributed by atoms with E-state index >= 15 is 0 Å². The summed E-state index contributed by atoms with van der Waals surface area (Å²) >= 11 is 0.436. The summed E-state index contributed by atoms with van der Waals surface area (Å²) in [6.07, 6.45) is 0.610. The Hall–Kier alpha value is -1.01. The van der Waals surface area contributed by atoms with E-state index in [9.17, 15) is 8.78 Å². The van der Waals surface area contributed by atoms with Crippen LogP contribution in [0.15, 0.2) is 17.0 Å². The van der Waals surface area contributed by atoms with Crippen LogP contribution in [0.4, 0.5) is 8.78 Å². The van der Waals surface area contributed by atoms with E-state index in [0.717, 1.165) is 5.56 Å². The van der Waals surface area contributed by atoms with Gasteiger partial charge < -0.3 is 15.2 Å². The van der Waals surface area contributed by atoms with Crippen molar-refractivity contribution in [2.24, 2.45) is 5.73 Å². The van der Waals surface area contributed by atoms with Crippen LogP contribution in [0.25, 0.3) is 0 Å². The van der Waals surface area contributed by atoms with Gasteiger partial charge in [-0.15, -0.1) is 0 Å². The van der Waals surface area contributed by atoms with E-state index in [4.69, 9.17) is 15.2 Å². The minimum atomic E-state index is -2.49. The molecule has 0 saturated heterocycles. The zero-order valence-corrected chi connectivity index (χ0v) is 10.5. The third kappa shape index (κ3) is 3.74. The largest absolute Gasteiger partial charge is 0.496 e. The predicted molar refractivity (Wildman–Crippen MR) is 64.2 cm³/mol. The Balaban J connectivity index is 3.12. The van der Waals surface area contributed by atoms with Gasteiger partial charge >= 0.3 is 0 Å². The molecule has 0 bridgehead atoms. The highest BCUT2D eigenvalue weighted by atomic mass is 32.2. The molecule has 0 heterocycles. The number of benzene rings is 1. The number of hydrogen-bond acceptors (Lipinski definition) is 4. The maximum atomic E-state index is 12.4. The number of hydrogen-bond donors (Lipinski definition) is 1. The van der Waals surface area contributed by atoms with Crippen molar-refractivity contribution in [1.82, 2.24) is 0 Å². The zero-order chi connectivity index (χ0) is 12.8. The molecule has 0 radical (unpaired) electrons. The lowest BCUT2D eigenvalue weighted by Crippen LogP contribution is -2.05. The van der Waals surface area contributed by atoms with Crippen LogP contribution in [-0.2, 0) is 6.42 Å².